The predicted molar refractivity (Wildman–Crippen MR) is 72.4 cm³/mol. The van der Waals surface area contributed by atoms with Crippen molar-refractivity contribution in [2.45, 2.75) is 31.7 Å². The van der Waals surface area contributed by atoms with Gasteiger partial charge in [0.1, 0.15) is 0 Å². The third-order valence-corrected chi connectivity index (χ3v) is 3.54. The third-order valence-electron chi connectivity index (χ3n) is 3.54. The van der Waals surface area contributed by atoms with Crippen molar-refractivity contribution in [3.8, 4) is 0 Å². The van der Waals surface area contributed by atoms with Crippen LogP contribution in [0, 0.1) is 0 Å². The second-order valence-electron chi connectivity index (χ2n) is 4.73. The van der Waals surface area contributed by atoms with Crippen LogP contribution < -0.4 is 11.3 Å². The maximum Gasteiger partial charge on any atom is 0.256 e. The van der Waals surface area contributed by atoms with Gasteiger partial charge < -0.3 is 15.4 Å². The smallest absolute Gasteiger partial charge is 0.256 e. The van der Waals surface area contributed by atoms with Crippen molar-refractivity contribution < 1.29 is 9.90 Å². The van der Waals surface area contributed by atoms with Crippen LogP contribution in [0.15, 0.2) is 18.5 Å². The van der Waals surface area contributed by atoms with Crippen molar-refractivity contribution >= 4 is 11.6 Å². The summed E-state index contributed by atoms with van der Waals surface area (Å²) in [6.45, 7) is 0.935. The number of hydrogen-bond acceptors (Lipinski definition) is 5. The molecular weight excluding hydrogens is 244 g/mol. The van der Waals surface area contributed by atoms with Crippen molar-refractivity contribution in [3.63, 3.8) is 0 Å². The first-order chi connectivity index (χ1) is 9.27. The number of aliphatic hydroxyl groups is 1. The number of amides is 1. The van der Waals surface area contributed by atoms with Crippen molar-refractivity contribution in [1.82, 2.24) is 9.88 Å². The summed E-state index contributed by atoms with van der Waals surface area (Å²) in [5.41, 5.74) is 3.60. The van der Waals surface area contributed by atoms with E-state index in [-0.39, 0.29) is 18.6 Å². The number of carbonyl (C=O) groups excluding carboxylic acids is 1. The lowest BCUT2D eigenvalue weighted by Gasteiger charge is -2.25. The minimum absolute atomic E-state index is 0.0178. The van der Waals surface area contributed by atoms with E-state index in [1.54, 1.807) is 18.5 Å². The number of nitrogens with two attached hydrogens (primary N) is 1. The number of pyridine rings is 1. The molecule has 0 aromatic carbocycles. The van der Waals surface area contributed by atoms with Crippen LogP contribution in [0.5, 0.6) is 0 Å². The van der Waals surface area contributed by atoms with Crippen LogP contribution in [-0.2, 0) is 0 Å². The van der Waals surface area contributed by atoms with E-state index >= 15 is 0 Å². The molecule has 19 heavy (non-hydrogen) atoms. The highest BCUT2D eigenvalue weighted by Gasteiger charge is 2.29. The minimum Gasteiger partial charge on any atom is -0.396 e. The van der Waals surface area contributed by atoms with E-state index < -0.39 is 0 Å². The summed E-state index contributed by atoms with van der Waals surface area (Å²) in [5, 5.41) is 8.91. The molecule has 0 bridgehead atoms. The molecule has 1 aromatic heterocycles. The van der Waals surface area contributed by atoms with Crippen molar-refractivity contribution in [2.24, 2.45) is 5.84 Å². The van der Waals surface area contributed by atoms with Gasteiger partial charge >= 0.3 is 0 Å². The van der Waals surface area contributed by atoms with Crippen LogP contribution >= 0.6 is 0 Å². The number of hydrazine groups is 1. The topological polar surface area (TPSA) is 91.5 Å². The van der Waals surface area contributed by atoms with E-state index in [0.29, 0.717) is 11.3 Å². The Labute approximate surface area is 112 Å². The van der Waals surface area contributed by atoms with E-state index in [9.17, 15) is 4.79 Å². The Bertz CT molecular complexity index is 438. The summed E-state index contributed by atoms with van der Waals surface area (Å²) in [7, 11) is 0. The number of nitrogens with one attached hydrogen (secondary N) is 1. The lowest BCUT2D eigenvalue weighted by atomic mass is 10.1. The van der Waals surface area contributed by atoms with Gasteiger partial charge in [-0.3, -0.25) is 15.6 Å². The number of nitrogen functional groups attached to an aromatic ring is 1. The molecule has 1 aliphatic rings. The Balaban J connectivity index is 2.13. The summed E-state index contributed by atoms with van der Waals surface area (Å²) < 4.78 is 0. The quantitative estimate of drug-likeness (QED) is 0.539. The first-order valence-corrected chi connectivity index (χ1v) is 6.60. The maximum absolute atomic E-state index is 12.5. The van der Waals surface area contributed by atoms with Gasteiger partial charge in [0.05, 0.1) is 17.4 Å². The van der Waals surface area contributed by atoms with Gasteiger partial charge in [-0.25, -0.2) is 0 Å². The minimum atomic E-state index is -0.0178. The second kappa shape index (κ2) is 6.49. The van der Waals surface area contributed by atoms with E-state index in [4.69, 9.17) is 10.9 Å². The number of aliphatic hydroxyl groups excluding tert-OH is 1. The lowest BCUT2D eigenvalue weighted by Crippen LogP contribution is -2.36. The van der Waals surface area contributed by atoms with E-state index in [1.807, 2.05) is 4.90 Å². The van der Waals surface area contributed by atoms with Gasteiger partial charge in [-0.15, -0.1) is 0 Å². The van der Waals surface area contributed by atoms with Crippen LogP contribution in [0.2, 0.25) is 0 Å². The predicted octanol–water partition coefficient (Wildman–Crippen LogP) is 0.744. The molecule has 0 saturated carbocycles. The molecule has 0 aliphatic carbocycles. The normalized spacial score (nSPS) is 18.6. The lowest BCUT2D eigenvalue weighted by molar-refractivity contribution is 0.0725. The number of anilines is 1. The summed E-state index contributed by atoms with van der Waals surface area (Å²) in [4.78, 5) is 18.4. The molecule has 6 nitrogen and oxygen atoms in total. The highest BCUT2D eigenvalue weighted by molar-refractivity contribution is 5.99. The number of rotatable bonds is 5. The van der Waals surface area contributed by atoms with Crippen LogP contribution in [0.1, 0.15) is 36.0 Å². The number of nitrogens with zero attached hydrogens (tertiary/aromatic N) is 2. The third kappa shape index (κ3) is 3.02. The molecule has 2 rings (SSSR count). The fourth-order valence-electron chi connectivity index (χ4n) is 2.58. The molecule has 1 atom stereocenters. The highest BCUT2D eigenvalue weighted by atomic mass is 16.3. The van der Waals surface area contributed by atoms with Crippen molar-refractivity contribution in [2.75, 3.05) is 18.6 Å². The molecule has 1 aliphatic heterocycles. The molecule has 104 valence electrons. The van der Waals surface area contributed by atoms with Crippen LogP contribution in [0.3, 0.4) is 0 Å². The Kier molecular flexibility index (Phi) is 4.70. The van der Waals surface area contributed by atoms with Gasteiger partial charge in [0.15, 0.2) is 0 Å². The van der Waals surface area contributed by atoms with Gasteiger partial charge in [-0.05, 0) is 31.7 Å². The molecule has 1 amide bonds. The number of hydrogen-bond donors (Lipinski definition) is 3. The SMILES string of the molecule is NNc1cnccc1C(=O)N1CCCC1CCCO. The zero-order valence-corrected chi connectivity index (χ0v) is 10.9. The standard InChI is InChI=1S/C13H20N4O2/c14-16-12-9-15-6-5-11(12)13(19)17-7-1-3-10(17)4-2-8-18/h5-6,9-10,16,18H,1-4,7-8,14H2. The molecule has 6 heteroatoms. The Hall–Kier alpha value is -1.66. The van der Waals surface area contributed by atoms with Gasteiger partial charge in [-0.1, -0.05) is 0 Å². The molecule has 4 N–H and O–H groups in total. The maximum atomic E-state index is 12.5. The Morgan fingerprint density at radius 2 is 2.47 bits per heavy atom. The largest absolute Gasteiger partial charge is 0.396 e. The molecule has 2 heterocycles. The van der Waals surface area contributed by atoms with E-state index in [0.717, 1.165) is 32.2 Å². The molecular formula is C13H20N4O2. The van der Waals surface area contributed by atoms with Gasteiger partial charge in [0.2, 0.25) is 0 Å². The zero-order chi connectivity index (χ0) is 13.7. The van der Waals surface area contributed by atoms with Crippen LogP contribution in [-0.4, -0.2) is 40.1 Å². The van der Waals surface area contributed by atoms with Gasteiger partial charge in [0.25, 0.3) is 5.91 Å². The van der Waals surface area contributed by atoms with Gasteiger partial charge in [0, 0.05) is 25.4 Å². The summed E-state index contributed by atoms with van der Waals surface area (Å²) in [6.07, 6.45) is 6.73. The average molecular weight is 264 g/mol. The van der Waals surface area contributed by atoms with E-state index in [1.165, 1.54) is 0 Å². The molecule has 0 radical (unpaired) electrons. The van der Waals surface area contributed by atoms with E-state index in [2.05, 4.69) is 10.4 Å². The summed E-state index contributed by atoms with van der Waals surface area (Å²) in [5.74, 6) is 5.39. The first-order valence-electron chi connectivity index (χ1n) is 6.60. The molecule has 1 fully saturated rings. The first kappa shape index (κ1) is 13.8. The highest BCUT2D eigenvalue weighted by Crippen LogP contribution is 2.25. The molecule has 0 spiro atoms. The monoisotopic (exact) mass is 264 g/mol. The summed E-state index contributed by atoms with van der Waals surface area (Å²) in [6, 6.07) is 1.90. The van der Waals surface area contributed by atoms with Crippen molar-refractivity contribution in [1.29, 1.82) is 0 Å². The molecule has 1 saturated heterocycles. The number of likely N-dealkylation sites (tertiary alicyclic amines) is 1. The number of carbonyl (C=O) groups is 1. The summed E-state index contributed by atoms with van der Waals surface area (Å²) >= 11 is 0. The Morgan fingerprint density at radius 3 is 3.21 bits per heavy atom. The Morgan fingerprint density at radius 1 is 1.63 bits per heavy atom. The fraction of sp³-hybridized carbons (Fsp3) is 0.538. The zero-order valence-electron chi connectivity index (χ0n) is 10.9. The molecule has 1 unspecified atom stereocenters. The second-order valence-corrected chi connectivity index (χ2v) is 4.73. The van der Waals surface area contributed by atoms with Crippen molar-refractivity contribution in [3.05, 3.63) is 24.0 Å². The average Bonchev–Trinajstić information content (AvgIpc) is 2.92. The fourth-order valence-corrected chi connectivity index (χ4v) is 2.58. The van der Waals surface area contributed by atoms with Crippen LogP contribution in [0.4, 0.5) is 5.69 Å². The molecule has 1 aromatic rings. The van der Waals surface area contributed by atoms with Gasteiger partial charge in [-0.2, -0.15) is 0 Å². The van der Waals surface area contributed by atoms with Crippen LogP contribution in [0.25, 0.3) is 0 Å². The number of aromatic nitrogens is 1.